The average molecular weight is 285 g/mol. The van der Waals surface area contributed by atoms with E-state index in [0.717, 1.165) is 0 Å². The maximum absolute atomic E-state index is 12.0. The van der Waals surface area contributed by atoms with Crippen LogP contribution in [0, 0.1) is 6.92 Å². The third-order valence-corrected chi connectivity index (χ3v) is 4.24. The summed E-state index contributed by atoms with van der Waals surface area (Å²) in [6.07, 6.45) is 0.106. The quantitative estimate of drug-likeness (QED) is 0.658. The lowest BCUT2D eigenvalue weighted by molar-refractivity contribution is -0.120. The Morgan fingerprint density at radius 2 is 2.05 bits per heavy atom. The number of anilines is 1. The number of rotatable bonds is 6. The highest BCUT2D eigenvalue weighted by Gasteiger charge is 2.17. The average Bonchev–Trinajstić information content (AvgIpc) is 2.32. The van der Waals surface area contributed by atoms with Crippen molar-refractivity contribution in [3.8, 4) is 0 Å². The fourth-order valence-corrected chi connectivity index (χ4v) is 2.89. The van der Waals surface area contributed by atoms with E-state index in [-0.39, 0.29) is 23.8 Å². The van der Waals surface area contributed by atoms with E-state index in [2.05, 4.69) is 10.0 Å². The minimum Gasteiger partial charge on any atom is -0.398 e. The summed E-state index contributed by atoms with van der Waals surface area (Å²) in [6, 6.07) is 4.71. The number of hydrogen-bond donors (Lipinski definition) is 3. The van der Waals surface area contributed by atoms with Gasteiger partial charge in [-0.05, 0) is 31.5 Å². The van der Waals surface area contributed by atoms with Gasteiger partial charge in [0.1, 0.15) is 0 Å². The maximum atomic E-state index is 12.0. The summed E-state index contributed by atoms with van der Waals surface area (Å²) in [7, 11) is -3.63. The third-order valence-electron chi connectivity index (χ3n) is 2.63. The molecule has 0 heterocycles. The van der Waals surface area contributed by atoms with Gasteiger partial charge in [0.2, 0.25) is 15.9 Å². The van der Waals surface area contributed by atoms with Gasteiger partial charge in [-0.2, -0.15) is 0 Å². The van der Waals surface area contributed by atoms with E-state index in [1.165, 1.54) is 6.07 Å². The lowest BCUT2D eigenvalue weighted by Crippen LogP contribution is -2.31. The smallest absolute Gasteiger partial charge is 0.240 e. The molecule has 0 fully saturated rings. The molecule has 0 unspecified atom stereocenters. The summed E-state index contributed by atoms with van der Waals surface area (Å²) in [5.74, 6) is -0.186. The molecule has 6 nitrogen and oxygen atoms in total. The number of nitrogen functional groups attached to an aromatic ring is 1. The normalized spacial score (nSPS) is 11.3. The molecule has 0 aromatic heterocycles. The second-order valence-corrected chi connectivity index (χ2v) is 5.81. The monoisotopic (exact) mass is 285 g/mol. The van der Waals surface area contributed by atoms with E-state index >= 15 is 0 Å². The fourth-order valence-electron chi connectivity index (χ4n) is 1.58. The highest BCUT2D eigenvalue weighted by molar-refractivity contribution is 7.89. The molecule has 0 bridgehead atoms. The second-order valence-electron chi connectivity index (χ2n) is 4.07. The second kappa shape index (κ2) is 6.53. The number of carbonyl (C=O) groups excluding carboxylic acids is 1. The zero-order valence-electron chi connectivity index (χ0n) is 11.1. The Kier molecular flexibility index (Phi) is 5.31. The Bertz CT molecular complexity index is 555. The predicted molar refractivity (Wildman–Crippen MR) is 74.1 cm³/mol. The van der Waals surface area contributed by atoms with Gasteiger partial charge < -0.3 is 11.1 Å². The first-order valence-corrected chi connectivity index (χ1v) is 7.48. The van der Waals surface area contributed by atoms with Crippen molar-refractivity contribution >= 4 is 21.6 Å². The van der Waals surface area contributed by atoms with Gasteiger partial charge in [0, 0.05) is 25.2 Å². The Labute approximate surface area is 113 Å². The standard InChI is InChI=1S/C12H19N3O3S/c1-3-14-12(16)7-8-15-19(17,18)11-6-4-5-10(13)9(11)2/h4-6,15H,3,7-8,13H2,1-2H3,(H,14,16). The molecule has 1 rings (SSSR count). The first-order valence-electron chi connectivity index (χ1n) is 6.00. The molecule has 19 heavy (non-hydrogen) atoms. The molecule has 7 heteroatoms. The SMILES string of the molecule is CCNC(=O)CCNS(=O)(=O)c1cccc(N)c1C. The first kappa shape index (κ1) is 15.5. The van der Waals surface area contributed by atoms with Crippen molar-refractivity contribution < 1.29 is 13.2 Å². The van der Waals surface area contributed by atoms with Gasteiger partial charge in [-0.3, -0.25) is 4.79 Å². The van der Waals surface area contributed by atoms with Crippen molar-refractivity contribution in [1.82, 2.24) is 10.0 Å². The van der Waals surface area contributed by atoms with Crippen molar-refractivity contribution in [2.45, 2.75) is 25.2 Å². The van der Waals surface area contributed by atoms with Crippen LogP contribution < -0.4 is 15.8 Å². The third kappa shape index (κ3) is 4.22. The lowest BCUT2D eigenvalue weighted by atomic mass is 10.2. The van der Waals surface area contributed by atoms with Crippen molar-refractivity contribution in [1.29, 1.82) is 0 Å². The number of benzene rings is 1. The predicted octanol–water partition coefficient (Wildman–Crippen LogP) is 0.382. The first-order chi connectivity index (χ1) is 8.88. The van der Waals surface area contributed by atoms with Gasteiger partial charge in [-0.1, -0.05) is 6.07 Å². The van der Waals surface area contributed by atoms with E-state index in [1.54, 1.807) is 26.0 Å². The van der Waals surface area contributed by atoms with Gasteiger partial charge in [0.05, 0.1) is 4.90 Å². The van der Waals surface area contributed by atoms with Crippen LogP contribution in [-0.4, -0.2) is 27.4 Å². The van der Waals surface area contributed by atoms with Crippen LogP contribution in [0.4, 0.5) is 5.69 Å². The lowest BCUT2D eigenvalue weighted by Gasteiger charge is -2.10. The van der Waals surface area contributed by atoms with E-state index in [0.29, 0.717) is 17.8 Å². The van der Waals surface area contributed by atoms with Crippen LogP contribution in [0.15, 0.2) is 23.1 Å². The van der Waals surface area contributed by atoms with Crippen LogP contribution in [-0.2, 0) is 14.8 Å². The Balaban J connectivity index is 2.72. The van der Waals surface area contributed by atoms with Crippen LogP contribution >= 0.6 is 0 Å². The molecule has 1 amide bonds. The summed E-state index contributed by atoms with van der Waals surface area (Å²) in [5, 5.41) is 2.60. The van der Waals surface area contributed by atoms with Gasteiger partial charge in [0.25, 0.3) is 0 Å². The minimum atomic E-state index is -3.63. The zero-order valence-corrected chi connectivity index (χ0v) is 11.9. The van der Waals surface area contributed by atoms with Crippen LogP contribution in [0.25, 0.3) is 0 Å². The van der Waals surface area contributed by atoms with Crippen LogP contribution in [0.1, 0.15) is 18.9 Å². The largest absolute Gasteiger partial charge is 0.398 e. The molecule has 0 aliphatic heterocycles. The van der Waals surface area contributed by atoms with Crippen molar-refractivity contribution in [2.24, 2.45) is 0 Å². The highest BCUT2D eigenvalue weighted by atomic mass is 32.2. The molecule has 1 aromatic rings. The topological polar surface area (TPSA) is 101 Å². The Hall–Kier alpha value is -1.60. The molecule has 0 aliphatic rings. The summed E-state index contributed by atoms with van der Waals surface area (Å²) in [4.78, 5) is 11.4. The number of hydrogen-bond acceptors (Lipinski definition) is 4. The number of amides is 1. The maximum Gasteiger partial charge on any atom is 0.240 e. The van der Waals surface area contributed by atoms with E-state index in [4.69, 9.17) is 5.73 Å². The summed E-state index contributed by atoms with van der Waals surface area (Å²) >= 11 is 0. The molecule has 0 radical (unpaired) electrons. The molecule has 0 saturated heterocycles. The molecular weight excluding hydrogens is 266 g/mol. The minimum absolute atomic E-state index is 0.0579. The van der Waals surface area contributed by atoms with E-state index in [1.807, 2.05) is 0 Å². The van der Waals surface area contributed by atoms with E-state index < -0.39 is 10.0 Å². The number of nitrogens with one attached hydrogen (secondary N) is 2. The van der Waals surface area contributed by atoms with Gasteiger partial charge in [-0.25, -0.2) is 13.1 Å². The molecule has 106 valence electrons. The molecule has 0 spiro atoms. The van der Waals surface area contributed by atoms with Crippen LogP contribution in [0.3, 0.4) is 0 Å². The molecule has 0 saturated carbocycles. The summed E-state index contributed by atoms with van der Waals surface area (Å²) in [6.45, 7) is 4.04. The van der Waals surface area contributed by atoms with Crippen molar-refractivity contribution in [3.63, 3.8) is 0 Å². The van der Waals surface area contributed by atoms with Gasteiger partial charge in [0.15, 0.2) is 0 Å². The van der Waals surface area contributed by atoms with E-state index in [9.17, 15) is 13.2 Å². The Morgan fingerprint density at radius 3 is 2.68 bits per heavy atom. The number of nitrogens with two attached hydrogens (primary N) is 1. The molecule has 0 aliphatic carbocycles. The fraction of sp³-hybridized carbons (Fsp3) is 0.417. The molecular formula is C12H19N3O3S. The van der Waals surface area contributed by atoms with Crippen molar-refractivity contribution in [3.05, 3.63) is 23.8 Å². The van der Waals surface area contributed by atoms with Gasteiger partial charge in [-0.15, -0.1) is 0 Å². The van der Waals surface area contributed by atoms with Crippen molar-refractivity contribution in [2.75, 3.05) is 18.8 Å². The van der Waals surface area contributed by atoms with Crippen LogP contribution in [0.5, 0.6) is 0 Å². The highest BCUT2D eigenvalue weighted by Crippen LogP contribution is 2.19. The Morgan fingerprint density at radius 1 is 1.37 bits per heavy atom. The van der Waals surface area contributed by atoms with Crippen LogP contribution in [0.2, 0.25) is 0 Å². The summed E-state index contributed by atoms with van der Waals surface area (Å²) in [5.41, 5.74) is 6.61. The number of sulfonamides is 1. The number of carbonyl (C=O) groups is 1. The zero-order chi connectivity index (χ0) is 14.5. The van der Waals surface area contributed by atoms with Gasteiger partial charge >= 0.3 is 0 Å². The molecule has 4 N–H and O–H groups in total. The molecule has 0 atom stereocenters. The summed E-state index contributed by atoms with van der Waals surface area (Å²) < 4.78 is 26.5. The molecule has 1 aromatic carbocycles.